The van der Waals surface area contributed by atoms with Crippen LogP contribution in [0, 0.1) is 0 Å². The summed E-state index contributed by atoms with van der Waals surface area (Å²) in [6.07, 6.45) is 0. The molecule has 0 atom stereocenters. The van der Waals surface area contributed by atoms with E-state index in [1.807, 2.05) is 0 Å². The van der Waals surface area contributed by atoms with Crippen molar-refractivity contribution in [2.45, 2.75) is 4.90 Å². The summed E-state index contributed by atoms with van der Waals surface area (Å²) in [5.74, 6) is -0.419. The van der Waals surface area contributed by atoms with Crippen molar-refractivity contribution in [1.29, 1.82) is 0 Å². The normalized spacial score (nSPS) is 11.6. The Morgan fingerprint density at radius 3 is 2.41 bits per heavy atom. The van der Waals surface area contributed by atoms with Crippen molar-refractivity contribution in [2.75, 3.05) is 26.5 Å². The number of nitrogens with one attached hydrogen (secondary N) is 1. The van der Waals surface area contributed by atoms with Crippen LogP contribution in [0.3, 0.4) is 0 Å². The summed E-state index contributed by atoms with van der Waals surface area (Å²) in [6, 6.07) is 11.0. The SMILES string of the molecule is COc1ccc(NC(=O)c2nn(C)c(=O)c3ccccc23)cc1S(=O)(=O)N(C)C. The number of hydrogen-bond acceptors (Lipinski definition) is 6. The lowest BCUT2D eigenvalue weighted by atomic mass is 10.1. The molecule has 0 bridgehead atoms. The molecule has 1 heterocycles. The molecule has 29 heavy (non-hydrogen) atoms. The predicted molar refractivity (Wildman–Crippen MR) is 109 cm³/mol. The molecule has 0 saturated carbocycles. The van der Waals surface area contributed by atoms with E-state index in [2.05, 4.69) is 10.4 Å². The molecule has 0 saturated heterocycles. The van der Waals surface area contributed by atoms with Crippen molar-refractivity contribution >= 4 is 32.4 Å². The number of carbonyl (C=O) groups excluding carboxylic acids is 1. The van der Waals surface area contributed by atoms with Crippen LogP contribution in [0.1, 0.15) is 10.5 Å². The van der Waals surface area contributed by atoms with Crippen molar-refractivity contribution in [3.8, 4) is 5.75 Å². The van der Waals surface area contributed by atoms with E-state index < -0.39 is 15.9 Å². The van der Waals surface area contributed by atoms with Crippen molar-refractivity contribution in [2.24, 2.45) is 7.05 Å². The quantitative estimate of drug-likeness (QED) is 0.674. The fraction of sp³-hybridized carbons (Fsp3) is 0.211. The van der Waals surface area contributed by atoms with Crippen LogP contribution in [-0.2, 0) is 17.1 Å². The van der Waals surface area contributed by atoms with Crippen LogP contribution >= 0.6 is 0 Å². The molecule has 152 valence electrons. The third-order valence-electron chi connectivity index (χ3n) is 4.35. The van der Waals surface area contributed by atoms with Gasteiger partial charge in [0.15, 0.2) is 5.69 Å². The molecule has 2 aromatic carbocycles. The number of aryl methyl sites for hydroxylation is 1. The Bertz CT molecular complexity index is 1270. The molecule has 3 aromatic rings. The number of hydrogen-bond donors (Lipinski definition) is 1. The topological polar surface area (TPSA) is 111 Å². The van der Waals surface area contributed by atoms with Crippen LogP contribution < -0.4 is 15.6 Å². The lowest BCUT2D eigenvalue weighted by Gasteiger charge is -2.16. The van der Waals surface area contributed by atoms with Crippen molar-refractivity contribution in [3.05, 3.63) is 58.5 Å². The molecular weight excluding hydrogens is 396 g/mol. The van der Waals surface area contributed by atoms with E-state index in [4.69, 9.17) is 4.74 Å². The molecule has 0 spiro atoms. The Kier molecular flexibility index (Phi) is 5.40. The van der Waals surface area contributed by atoms with Gasteiger partial charge in [-0.05, 0) is 24.3 Å². The number of sulfonamides is 1. The van der Waals surface area contributed by atoms with E-state index in [1.165, 1.54) is 46.5 Å². The summed E-state index contributed by atoms with van der Waals surface area (Å²) in [5, 5.41) is 7.48. The van der Waals surface area contributed by atoms with E-state index in [-0.39, 0.29) is 27.6 Å². The van der Waals surface area contributed by atoms with Crippen LogP contribution in [0.15, 0.2) is 52.2 Å². The number of amides is 1. The first-order chi connectivity index (χ1) is 13.7. The first-order valence-electron chi connectivity index (χ1n) is 8.54. The maximum absolute atomic E-state index is 12.9. The van der Waals surface area contributed by atoms with Gasteiger partial charge in [0.25, 0.3) is 11.5 Å². The van der Waals surface area contributed by atoms with E-state index in [0.29, 0.717) is 10.8 Å². The monoisotopic (exact) mass is 416 g/mol. The van der Waals surface area contributed by atoms with Crippen LogP contribution in [-0.4, -0.2) is 49.6 Å². The summed E-state index contributed by atoms with van der Waals surface area (Å²) >= 11 is 0. The molecule has 1 aromatic heterocycles. The number of carbonyl (C=O) groups is 1. The molecule has 10 heteroatoms. The van der Waals surface area contributed by atoms with Gasteiger partial charge in [-0.1, -0.05) is 18.2 Å². The predicted octanol–water partition coefficient (Wildman–Crippen LogP) is 1.44. The first-order valence-corrected chi connectivity index (χ1v) is 9.98. The minimum Gasteiger partial charge on any atom is -0.495 e. The van der Waals surface area contributed by atoms with Gasteiger partial charge < -0.3 is 10.1 Å². The zero-order valence-corrected chi connectivity index (χ0v) is 17.1. The Morgan fingerprint density at radius 2 is 1.79 bits per heavy atom. The molecule has 9 nitrogen and oxygen atoms in total. The fourth-order valence-corrected chi connectivity index (χ4v) is 3.89. The summed E-state index contributed by atoms with van der Waals surface area (Å²) < 4.78 is 32.4. The number of nitrogens with zero attached hydrogens (tertiary/aromatic N) is 3. The van der Waals surface area contributed by atoms with Crippen molar-refractivity contribution in [1.82, 2.24) is 14.1 Å². The van der Waals surface area contributed by atoms with Gasteiger partial charge in [0.05, 0.1) is 12.5 Å². The van der Waals surface area contributed by atoms with Gasteiger partial charge in [0, 0.05) is 32.2 Å². The zero-order valence-electron chi connectivity index (χ0n) is 16.3. The third kappa shape index (κ3) is 3.71. The lowest BCUT2D eigenvalue weighted by Crippen LogP contribution is -2.25. The highest BCUT2D eigenvalue weighted by Crippen LogP contribution is 2.29. The van der Waals surface area contributed by atoms with Gasteiger partial charge in [-0.25, -0.2) is 17.4 Å². The fourth-order valence-electron chi connectivity index (χ4n) is 2.81. The highest BCUT2D eigenvalue weighted by Gasteiger charge is 2.23. The number of anilines is 1. The Balaban J connectivity index is 2.06. The van der Waals surface area contributed by atoms with Crippen LogP contribution in [0.4, 0.5) is 5.69 Å². The summed E-state index contributed by atoms with van der Waals surface area (Å²) in [5.41, 5.74) is -0.0209. The molecule has 0 unspecified atom stereocenters. The number of aromatic nitrogens is 2. The van der Waals surface area contributed by atoms with Crippen LogP contribution in [0.5, 0.6) is 5.75 Å². The van der Waals surface area contributed by atoms with Gasteiger partial charge in [-0.3, -0.25) is 9.59 Å². The molecule has 0 aliphatic carbocycles. The minimum absolute atomic E-state index is 0.0514. The van der Waals surface area contributed by atoms with Crippen molar-refractivity contribution in [3.63, 3.8) is 0 Å². The maximum atomic E-state index is 12.9. The molecule has 3 rings (SSSR count). The van der Waals surface area contributed by atoms with Crippen LogP contribution in [0.25, 0.3) is 10.8 Å². The molecule has 0 fully saturated rings. The number of methoxy groups -OCH3 is 1. The molecule has 1 N–H and O–H groups in total. The number of fused-ring (bicyclic) bond motifs is 1. The van der Waals surface area contributed by atoms with Gasteiger partial charge in [-0.2, -0.15) is 5.10 Å². The number of ether oxygens (including phenoxy) is 1. The molecular formula is C19H20N4O5S. The van der Waals surface area contributed by atoms with Gasteiger partial charge in [-0.15, -0.1) is 0 Å². The van der Waals surface area contributed by atoms with E-state index >= 15 is 0 Å². The summed E-state index contributed by atoms with van der Waals surface area (Å²) in [4.78, 5) is 25.0. The van der Waals surface area contributed by atoms with Gasteiger partial charge >= 0.3 is 0 Å². The average Bonchev–Trinajstić information content (AvgIpc) is 2.70. The smallest absolute Gasteiger partial charge is 0.276 e. The second-order valence-corrected chi connectivity index (χ2v) is 8.55. The van der Waals surface area contributed by atoms with Crippen molar-refractivity contribution < 1.29 is 17.9 Å². The Hall–Kier alpha value is -3.24. The number of benzene rings is 2. The zero-order chi connectivity index (χ0) is 21.3. The van der Waals surface area contributed by atoms with E-state index in [0.717, 1.165) is 8.99 Å². The van der Waals surface area contributed by atoms with Gasteiger partial charge in [0.2, 0.25) is 10.0 Å². The largest absolute Gasteiger partial charge is 0.495 e. The molecule has 0 radical (unpaired) electrons. The Labute approximate surface area is 167 Å². The molecule has 0 aliphatic heterocycles. The molecule has 1 amide bonds. The number of rotatable bonds is 5. The second-order valence-electron chi connectivity index (χ2n) is 6.43. The second kappa shape index (κ2) is 7.64. The Morgan fingerprint density at radius 1 is 1.14 bits per heavy atom. The van der Waals surface area contributed by atoms with Gasteiger partial charge in [0.1, 0.15) is 10.6 Å². The summed E-state index contributed by atoms with van der Waals surface area (Å²) in [6.45, 7) is 0. The lowest BCUT2D eigenvalue weighted by molar-refractivity contribution is 0.102. The third-order valence-corrected chi connectivity index (χ3v) is 6.19. The maximum Gasteiger partial charge on any atom is 0.276 e. The highest BCUT2D eigenvalue weighted by atomic mass is 32.2. The molecule has 0 aliphatic rings. The first kappa shape index (κ1) is 20.5. The summed E-state index contributed by atoms with van der Waals surface area (Å²) in [7, 11) is 1.84. The van der Waals surface area contributed by atoms with E-state index in [1.54, 1.807) is 24.3 Å². The highest BCUT2D eigenvalue weighted by molar-refractivity contribution is 7.89. The van der Waals surface area contributed by atoms with E-state index in [9.17, 15) is 18.0 Å². The van der Waals surface area contributed by atoms with Crippen LogP contribution in [0.2, 0.25) is 0 Å². The standard InChI is InChI=1S/C19H20N4O5S/c1-22(2)29(26,27)16-11-12(9-10-15(16)28-4)20-18(24)17-13-7-5-6-8-14(13)19(25)23(3)21-17/h5-11H,1-4H3,(H,20,24). The average molecular weight is 416 g/mol. The minimum atomic E-state index is -3.79.